The van der Waals surface area contributed by atoms with Gasteiger partial charge in [0.2, 0.25) is 0 Å². The molecular weight excluding hydrogens is 228 g/mol. The van der Waals surface area contributed by atoms with E-state index in [4.69, 9.17) is 5.11 Å². The molecule has 0 radical (unpaired) electrons. The van der Waals surface area contributed by atoms with Crippen LogP contribution in [-0.4, -0.2) is 24.3 Å². The zero-order valence-electron chi connectivity index (χ0n) is 10.9. The van der Waals surface area contributed by atoms with Gasteiger partial charge < -0.3 is 15.7 Å². The van der Waals surface area contributed by atoms with Crippen LogP contribution in [0, 0.1) is 6.92 Å². The number of aryl methyl sites for hydroxylation is 1. The Bertz CT molecular complexity index is 367. The van der Waals surface area contributed by atoms with Gasteiger partial charge in [-0.2, -0.15) is 0 Å². The number of carbonyl (C=O) groups excluding carboxylic acids is 1. The third-order valence-electron chi connectivity index (χ3n) is 2.65. The smallest absolute Gasteiger partial charge is 0.319 e. The molecule has 0 spiro atoms. The molecule has 1 aromatic rings. The number of aliphatic hydroxyl groups excluding tert-OH is 1. The van der Waals surface area contributed by atoms with Crippen LogP contribution in [0.3, 0.4) is 0 Å². The van der Waals surface area contributed by atoms with Gasteiger partial charge in [0.1, 0.15) is 0 Å². The predicted octanol–water partition coefficient (Wildman–Crippen LogP) is 2.67. The summed E-state index contributed by atoms with van der Waals surface area (Å²) >= 11 is 0. The van der Waals surface area contributed by atoms with E-state index in [0.29, 0.717) is 6.54 Å². The van der Waals surface area contributed by atoms with Crippen LogP contribution in [0.2, 0.25) is 0 Å². The number of aliphatic hydroxyl groups is 1. The number of hydrogen-bond acceptors (Lipinski definition) is 2. The van der Waals surface area contributed by atoms with Crippen LogP contribution in [0.4, 0.5) is 10.5 Å². The van der Waals surface area contributed by atoms with Gasteiger partial charge >= 0.3 is 6.03 Å². The molecule has 0 aliphatic heterocycles. The van der Waals surface area contributed by atoms with E-state index in [0.717, 1.165) is 36.9 Å². The van der Waals surface area contributed by atoms with Crippen molar-refractivity contribution in [2.45, 2.75) is 32.6 Å². The summed E-state index contributed by atoms with van der Waals surface area (Å²) in [5, 5.41) is 14.2. The first-order chi connectivity index (χ1) is 8.72. The molecule has 1 aromatic carbocycles. The summed E-state index contributed by atoms with van der Waals surface area (Å²) in [6.07, 6.45) is 3.83. The van der Waals surface area contributed by atoms with Crippen molar-refractivity contribution < 1.29 is 9.90 Å². The second-order valence-electron chi connectivity index (χ2n) is 4.39. The molecule has 0 bridgehead atoms. The van der Waals surface area contributed by atoms with Crippen molar-refractivity contribution in [3.05, 3.63) is 29.8 Å². The normalized spacial score (nSPS) is 10.1. The molecule has 0 aromatic heterocycles. The van der Waals surface area contributed by atoms with Gasteiger partial charge in [0, 0.05) is 18.8 Å². The fraction of sp³-hybridized carbons (Fsp3) is 0.500. The molecule has 2 amide bonds. The summed E-state index contributed by atoms with van der Waals surface area (Å²) in [5.74, 6) is 0. The summed E-state index contributed by atoms with van der Waals surface area (Å²) in [5.41, 5.74) is 1.93. The third-order valence-corrected chi connectivity index (χ3v) is 2.65. The van der Waals surface area contributed by atoms with E-state index in [-0.39, 0.29) is 12.6 Å². The molecular formula is C14H22N2O2. The molecule has 4 heteroatoms. The number of amides is 2. The molecule has 0 saturated carbocycles. The minimum absolute atomic E-state index is 0.164. The van der Waals surface area contributed by atoms with Gasteiger partial charge in [-0.05, 0) is 37.5 Å². The molecule has 18 heavy (non-hydrogen) atoms. The lowest BCUT2D eigenvalue weighted by molar-refractivity contribution is 0.251. The van der Waals surface area contributed by atoms with Crippen molar-refractivity contribution in [2.75, 3.05) is 18.5 Å². The zero-order chi connectivity index (χ0) is 13.2. The van der Waals surface area contributed by atoms with Gasteiger partial charge in [0.15, 0.2) is 0 Å². The third kappa shape index (κ3) is 6.25. The van der Waals surface area contributed by atoms with Crippen LogP contribution in [0.1, 0.15) is 31.2 Å². The standard InChI is InChI=1S/C14H22N2O2/c1-12-7-6-8-13(11-12)16-14(18)15-9-4-2-3-5-10-17/h6-8,11,17H,2-5,9-10H2,1H3,(H2,15,16,18). The molecule has 3 N–H and O–H groups in total. The molecule has 0 aliphatic carbocycles. The molecule has 0 heterocycles. The number of rotatable bonds is 7. The quantitative estimate of drug-likeness (QED) is 0.651. The van der Waals surface area contributed by atoms with Crippen molar-refractivity contribution in [1.29, 1.82) is 0 Å². The summed E-state index contributed by atoms with van der Waals surface area (Å²) < 4.78 is 0. The summed E-state index contributed by atoms with van der Waals surface area (Å²) in [6, 6.07) is 7.54. The summed E-state index contributed by atoms with van der Waals surface area (Å²) in [7, 11) is 0. The van der Waals surface area contributed by atoms with Crippen LogP contribution in [0.15, 0.2) is 24.3 Å². The number of benzene rings is 1. The second kappa shape index (κ2) is 8.53. The molecule has 0 aliphatic rings. The van der Waals surface area contributed by atoms with Crippen molar-refractivity contribution in [3.63, 3.8) is 0 Å². The van der Waals surface area contributed by atoms with Gasteiger partial charge in [-0.1, -0.05) is 25.0 Å². The molecule has 1 rings (SSSR count). The first-order valence-electron chi connectivity index (χ1n) is 6.45. The lowest BCUT2D eigenvalue weighted by atomic mass is 10.2. The lowest BCUT2D eigenvalue weighted by Crippen LogP contribution is -2.29. The Balaban J connectivity index is 2.14. The van der Waals surface area contributed by atoms with Crippen LogP contribution in [0.5, 0.6) is 0 Å². The molecule has 0 saturated heterocycles. The fourth-order valence-corrected chi connectivity index (χ4v) is 1.69. The SMILES string of the molecule is Cc1cccc(NC(=O)NCCCCCCO)c1. The Kier molecular flexibility index (Phi) is 6.87. The fourth-order valence-electron chi connectivity index (χ4n) is 1.69. The molecule has 0 atom stereocenters. The molecule has 100 valence electrons. The average Bonchev–Trinajstić information content (AvgIpc) is 2.33. The maximum Gasteiger partial charge on any atom is 0.319 e. The highest BCUT2D eigenvalue weighted by molar-refractivity contribution is 5.89. The van der Waals surface area contributed by atoms with Crippen LogP contribution in [0.25, 0.3) is 0 Å². The lowest BCUT2D eigenvalue weighted by Gasteiger charge is -2.08. The molecule has 4 nitrogen and oxygen atoms in total. The van der Waals surface area contributed by atoms with Crippen molar-refractivity contribution >= 4 is 11.7 Å². The number of nitrogens with one attached hydrogen (secondary N) is 2. The van der Waals surface area contributed by atoms with E-state index in [9.17, 15) is 4.79 Å². The Hall–Kier alpha value is -1.55. The number of anilines is 1. The topological polar surface area (TPSA) is 61.4 Å². The van der Waals surface area contributed by atoms with E-state index in [1.165, 1.54) is 0 Å². The first kappa shape index (κ1) is 14.5. The van der Waals surface area contributed by atoms with Crippen LogP contribution in [-0.2, 0) is 0 Å². The van der Waals surface area contributed by atoms with Gasteiger partial charge in [0.05, 0.1) is 0 Å². The zero-order valence-corrected chi connectivity index (χ0v) is 10.9. The molecule has 0 fully saturated rings. The van der Waals surface area contributed by atoms with E-state index in [2.05, 4.69) is 10.6 Å². The number of urea groups is 1. The highest BCUT2D eigenvalue weighted by atomic mass is 16.2. The maximum absolute atomic E-state index is 11.6. The number of hydrogen-bond donors (Lipinski definition) is 3. The average molecular weight is 250 g/mol. The van der Waals surface area contributed by atoms with Gasteiger partial charge in [-0.15, -0.1) is 0 Å². The van der Waals surface area contributed by atoms with E-state index in [1.807, 2.05) is 31.2 Å². The largest absolute Gasteiger partial charge is 0.396 e. The second-order valence-corrected chi connectivity index (χ2v) is 4.39. The first-order valence-corrected chi connectivity index (χ1v) is 6.45. The Morgan fingerprint density at radius 2 is 2.00 bits per heavy atom. The highest BCUT2D eigenvalue weighted by Gasteiger charge is 2.00. The Morgan fingerprint density at radius 3 is 2.72 bits per heavy atom. The summed E-state index contributed by atoms with van der Waals surface area (Å²) in [6.45, 7) is 2.91. The molecule has 0 unspecified atom stereocenters. The monoisotopic (exact) mass is 250 g/mol. The van der Waals surface area contributed by atoms with Gasteiger partial charge in [-0.3, -0.25) is 0 Å². The Labute approximate surface area is 108 Å². The van der Waals surface area contributed by atoms with Crippen molar-refractivity contribution in [1.82, 2.24) is 5.32 Å². The van der Waals surface area contributed by atoms with Gasteiger partial charge in [0.25, 0.3) is 0 Å². The van der Waals surface area contributed by atoms with E-state index < -0.39 is 0 Å². The van der Waals surface area contributed by atoms with Crippen LogP contribution < -0.4 is 10.6 Å². The van der Waals surface area contributed by atoms with Crippen LogP contribution >= 0.6 is 0 Å². The van der Waals surface area contributed by atoms with Gasteiger partial charge in [-0.25, -0.2) is 4.79 Å². The van der Waals surface area contributed by atoms with Crippen molar-refractivity contribution in [3.8, 4) is 0 Å². The van der Waals surface area contributed by atoms with Crippen molar-refractivity contribution in [2.24, 2.45) is 0 Å². The Morgan fingerprint density at radius 1 is 1.22 bits per heavy atom. The maximum atomic E-state index is 11.6. The highest BCUT2D eigenvalue weighted by Crippen LogP contribution is 2.08. The number of unbranched alkanes of at least 4 members (excludes halogenated alkanes) is 3. The minimum atomic E-state index is -0.164. The van der Waals surface area contributed by atoms with E-state index in [1.54, 1.807) is 0 Å². The number of carbonyl (C=O) groups is 1. The van der Waals surface area contributed by atoms with E-state index >= 15 is 0 Å². The summed E-state index contributed by atoms with van der Waals surface area (Å²) in [4.78, 5) is 11.6. The minimum Gasteiger partial charge on any atom is -0.396 e. The predicted molar refractivity (Wildman–Crippen MR) is 73.8 cm³/mol.